The number of para-hydroxylation sites is 1. The molecule has 0 aliphatic heterocycles. The molecule has 0 spiro atoms. The molecule has 0 aromatic heterocycles. The number of benzene rings is 1. The van der Waals surface area contributed by atoms with E-state index in [0.29, 0.717) is 6.61 Å². The standard InChI is InChI=1S/C11H17NO2/c1-9(2)14-11-6-4-3-5-10(11)7-8-13-12/h3-6,9H,7-8,12H2,1-2H3. The van der Waals surface area contributed by atoms with Gasteiger partial charge in [-0.3, -0.25) is 0 Å². The molecule has 14 heavy (non-hydrogen) atoms. The van der Waals surface area contributed by atoms with Gasteiger partial charge in [-0.2, -0.15) is 0 Å². The Morgan fingerprint density at radius 2 is 2.00 bits per heavy atom. The molecule has 2 N–H and O–H groups in total. The van der Waals surface area contributed by atoms with Gasteiger partial charge in [-0.1, -0.05) is 18.2 Å². The summed E-state index contributed by atoms with van der Waals surface area (Å²) in [5, 5.41) is 0. The van der Waals surface area contributed by atoms with Crippen molar-refractivity contribution in [3.63, 3.8) is 0 Å². The lowest BCUT2D eigenvalue weighted by Crippen LogP contribution is -2.09. The van der Waals surface area contributed by atoms with Crippen LogP contribution in [0.4, 0.5) is 0 Å². The van der Waals surface area contributed by atoms with Gasteiger partial charge in [0.25, 0.3) is 0 Å². The lowest BCUT2D eigenvalue weighted by Gasteiger charge is -2.13. The fourth-order valence-corrected chi connectivity index (χ4v) is 1.25. The molecule has 1 aromatic rings. The molecular formula is C11H17NO2. The third-order valence-electron chi connectivity index (χ3n) is 1.82. The first-order valence-corrected chi connectivity index (χ1v) is 4.80. The summed E-state index contributed by atoms with van der Waals surface area (Å²) in [5.74, 6) is 5.90. The highest BCUT2D eigenvalue weighted by molar-refractivity contribution is 5.33. The topological polar surface area (TPSA) is 44.5 Å². The van der Waals surface area contributed by atoms with Crippen LogP contribution in [0.3, 0.4) is 0 Å². The lowest BCUT2D eigenvalue weighted by molar-refractivity contribution is 0.140. The molecule has 0 saturated heterocycles. The zero-order valence-electron chi connectivity index (χ0n) is 8.69. The van der Waals surface area contributed by atoms with Crippen LogP contribution >= 0.6 is 0 Å². The highest BCUT2D eigenvalue weighted by Gasteiger charge is 2.03. The Bertz CT molecular complexity index is 274. The van der Waals surface area contributed by atoms with Gasteiger partial charge in [0, 0.05) is 6.42 Å². The summed E-state index contributed by atoms with van der Waals surface area (Å²) in [6.45, 7) is 4.53. The minimum atomic E-state index is 0.190. The zero-order chi connectivity index (χ0) is 10.4. The van der Waals surface area contributed by atoms with E-state index in [4.69, 9.17) is 10.6 Å². The molecule has 0 radical (unpaired) electrons. The molecule has 0 aliphatic rings. The van der Waals surface area contributed by atoms with E-state index in [1.54, 1.807) is 0 Å². The van der Waals surface area contributed by atoms with Crippen LogP contribution in [0, 0.1) is 0 Å². The van der Waals surface area contributed by atoms with E-state index in [1.165, 1.54) is 0 Å². The maximum Gasteiger partial charge on any atom is 0.122 e. The average Bonchev–Trinajstić information content (AvgIpc) is 2.16. The lowest BCUT2D eigenvalue weighted by atomic mass is 10.1. The third kappa shape index (κ3) is 3.36. The van der Waals surface area contributed by atoms with Crippen LogP contribution in [0.2, 0.25) is 0 Å². The van der Waals surface area contributed by atoms with Crippen molar-refractivity contribution >= 4 is 0 Å². The van der Waals surface area contributed by atoms with Gasteiger partial charge in [0.05, 0.1) is 12.7 Å². The molecular weight excluding hydrogens is 178 g/mol. The van der Waals surface area contributed by atoms with E-state index < -0.39 is 0 Å². The smallest absolute Gasteiger partial charge is 0.122 e. The number of hydrogen-bond acceptors (Lipinski definition) is 3. The minimum Gasteiger partial charge on any atom is -0.491 e. The number of nitrogens with two attached hydrogens (primary N) is 1. The molecule has 0 fully saturated rings. The molecule has 0 saturated carbocycles. The van der Waals surface area contributed by atoms with Crippen molar-refractivity contribution in [1.29, 1.82) is 0 Å². The van der Waals surface area contributed by atoms with E-state index in [1.807, 2.05) is 38.1 Å². The predicted molar refractivity (Wildman–Crippen MR) is 56.0 cm³/mol. The SMILES string of the molecule is CC(C)Oc1ccccc1CCON. The van der Waals surface area contributed by atoms with Crippen LogP contribution in [0.1, 0.15) is 19.4 Å². The quantitative estimate of drug-likeness (QED) is 0.730. The Kier molecular flexibility index (Phi) is 4.43. The molecule has 0 amide bonds. The molecule has 1 aromatic carbocycles. The van der Waals surface area contributed by atoms with Crippen molar-refractivity contribution in [2.45, 2.75) is 26.4 Å². The normalized spacial score (nSPS) is 10.6. The minimum absolute atomic E-state index is 0.190. The van der Waals surface area contributed by atoms with Crippen LogP contribution in [-0.4, -0.2) is 12.7 Å². The maximum atomic E-state index is 5.65. The molecule has 0 atom stereocenters. The molecule has 78 valence electrons. The summed E-state index contributed by atoms with van der Waals surface area (Å²) in [6.07, 6.45) is 0.967. The average molecular weight is 195 g/mol. The first kappa shape index (κ1) is 11.0. The summed E-state index contributed by atoms with van der Waals surface area (Å²) >= 11 is 0. The molecule has 0 heterocycles. The van der Waals surface area contributed by atoms with E-state index >= 15 is 0 Å². The predicted octanol–water partition coefficient (Wildman–Crippen LogP) is 1.91. The summed E-state index contributed by atoms with van der Waals surface area (Å²) in [4.78, 5) is 4.55. The van der Waals surface area contributed by atoms with E-state index in [0.717, 1.165) is 17.7 Å². The second-order valence-corrected chi connectivity index (χ2v) is 3.40. The van der Waals surface area contributed by atoms with Gasteiger partial charge >= 0.3 is 0 Å². The monoisotopic (exact) mass is 195 g/mol. The Morgan fingerprint density at radius 3 is 2.64 bits per heavy atom. The fraction of sp³-hybridized carbons (Fsp3) is 0.455. The van der Waals surface area contributed by atoms with Gasteiger partial charge < -0.3 is 9.57 Å². The van der Waals surface area contributed by atoms with Crippen molar-refractivity contribution in [2.24, 2.45) is 5.90 Å². The first-order valence-electron chi connectivity index (χ1n) is 4.80. The largest absolute Gasteiger partial charge is 0.491 e. The van der Waals surface area contributed by atoms with Gasteiger partial charge in [0.2, 0.25) is 0 Å². The van der Waals surface area contributed by atoms with Gasteiger partial charge in [0.1, 0.15) is 5.75 Å². The Balaban J connectivity index is 2.69. The highest BCUT2D eigenvalue weighted by Crippen LogP contribution is 2.19. The molecule has 0 aliphatic carbocycles. The molecule has 3 nitrogen and oxygen atoms in total. The number of ether oxygens (including phenoxy) is 1. The highest BCUT2D eigenvalue weighted by atomic mass is 16.6. The zero-order valence-corrected chi connectivity index (χ0v) is 8.69. The van der Waals surface area contributed by atoms with Gasteiger partial charge in [-0.05, 0) is 25.5 Å². The number of rotatable bonds is 5. The summed E-state index contributed by atoms with van der Waals surface area (Å²) < 4.78 is 5.65. The van der Waals surface area contributed by atoms with Gasteiger partial charge in [0.15, 0.2) is 0 Å². The molecule has 0 unspecified atom stereocenters. The van der Waals surface area contributed by atoms with Crippen LogP contribution in [-0.2, 0) is 11.3 Å². The second kappa shape index (κ2) is 5.62. The molecule has 3 heteroatoms. The van der Waals surface area contributed by atoms with Crippen molar-refractivity contribution < 1.29 is 9.57 Å². The van der Waals surface area contributed by atoms with Crippen LogP contribution in [0.25, 0.3) is 0 Å². The summed E-state index contributed by atoms with van der Waals surface area (Å²) in [5.41, 5.74) is 1.13. The van der Waals surface area contributed by atoms with Crippen LogP contribution in [0.15, 0.2) is 24.3 Å². The number of hydrogen-bond donors (Lipinski definition) is 1. The fourth-order valence-electron chi connectivity index (χ4n) is 1.25. The molecule has 0 bridgehead atoms. The Labute approximate surface area is 84.8 Å². The summed E-state index contributed by atoms with van der Waals surface area (Å²) in [7, 11) is 0. The van der Waals surface area contributed by atoms with Crippen molar-refractivity contribution in [2.75, 3.05) is 6.61 Å². The van der Waals surface area contributed by atoms with Crippen molar-refractivity contribution in [1.82, 2.24) is 0 Å². The molecule has 1 rings (SSSR count). The van der Waals surface area contributed by atoms with E-state index in [-0.39, 0.29) is 6.10 Å². The first-order chi connectivity index (χ1) is 6.74. The Hall–Kier alpha value is -1.06. The Morgan fingerprint density at radius 1 is 1.29 bits per heavy atom. The third-order valence-corrected chi connectivity index (χ3v) is 1.82. The van der Waals surface area contributed by atoms with Crippen LogP contribution in [0.5, 0.6) is 5.75 Å². The maximum absolute atomic E-state index is 5.65. The van der Waals surface area contributed by atoms with Crippen LogP contribution < -0.4 is 10.6 Å². The van der Waals surface area contributed by atoms with E-state index in [2.05, 4.69) is 4.84 Å². The van der Waals surface area contributed by atoms with Gasteiger partial charge in [-0.15, -0.1) is 0 Å². The second-order valence-electron chi connectivity index (χ2n) is 3.40. The van der Waals surface area contributed by atoms with E-state index in [9.17, 15) is 0 Å². The van der Waals surface area contributed by atoms with Crippen molar-refractivity contribution in [3.8, 4) is 5.75 Å². The van der Waals surface area contributed by atoms with Crippen molar-refractivity contribution in [3.05, 3.63) is 29.8 Å². The summed E-state index contributed by atoms with van der Waals surface area (Å²) in [6, 6.07) is 7.94. The van der Waals surface area contributed by atoms with Gasteiger partial charge in [-0.25, -0.2) is 5.90 Å².